The van der Waals surface area contributed by atoms with Gasteiger partial charge in [-0.2, -0.15) is 0 Å². The van der Waals surface area contributed by atoms with Gasteiger partial charge in [0.1, 0.15) is 17.1 Å². The van der Waals surface area contributed by atoms with Gasteiger partial charge in [-0.15, -0.1) is 0 Å². The Kier molecular flexibility index (Phi) is 6.79. The molecule has 0 radical (unpaired) electrons. The molecule has 2 aromatic carbocycles. The highest BCUT2D eigenvalue weighted by molar-refractivity contribution is 7.92. The van der Waals surface area contributed by atoms with E-state index in [-0.39, 0.29) is 24.2 Å². The van der Waals surface area contributed by atoms with Crippen molar-refractivity contribution >= 4 is 21.6 Å². The van der Waals surface area contributed by atoms with Gasteiger partial charge in [-0.1, -0.05) is 32.0 Å². The standard InChI is InChI=1S/C23H30N2O5S/c1-5-23(6-2)15-20(19-9-7-8-10-21(19)30-23)24-22(26)16-29-18-13-11-17(12-14-18)25(3)31(4,27)28/h7-14,20H,5-6,15-16H2,1-4H3,(H,24,26)/t20-/m1/s1. The molecule has 31 heavy (non-hydrogen) atoms. The minimum atomic E-state index is -3.33. The number of amides is 1. The van der Waals surface area contributed by atoms with Crippen LogP contribution in [0.1, 0.15) is 44.7 Å². The summed E-state index contributed by atoms with van der Waals surface area (Å²) in [4.78, 5) is 12.6. The average Bonchev–Trinajstić information content (AvgIpc) is 2.76. The highest BCUT2D eigenvalue weighted by atomic mass is 32.2. The Labute approximate surface area is 184 Å². The fraction of sp³-hybridized carbons (Fsp3) is 0.435. The van der Waals surface area contributed by atoms with E-state index in [4.69, 9.17) is 9.47 Å². The number of hydrogen-bond acceptors (Lipinski definition) is 5. The number of fused-ring (bicyclic) bond motifs is 1. The molecule has 1 amide bonds. The number of sulfonamides is 1. The summed E-state index contributed by atoms with van der Waals surface area (Å²) in [5, 5.41) is 3.09. The van der Waals surface area contributed by atoms with Crippen molar-refractivity contribution in [3.8, 4) is 11.5 Å². The number of hydrogen-bond donors (Lipinski definition) is 1. The zero-order valence-electron chi connectivity index (χ0n) is 18.4. The maximum Gasteiger partial charge on any atom is 0.258 e. The predicted octanol–water partition coefficient (Wildman–Crippen LogP) is 3.66. The number of carbonyl (C=O) groups is 1. The van der Waals surface area contributed by atoms with E-state index in [1.165, 1.54) is 11.4 Å². The zero-order chi connectivity index (χ0) is 22.6. The molecule has 0 aliphatic carbocycles. The van der Waals surface area contributed by atoms with Crippen molar-refractivity contribution in [1.29, 1.82) is 0 Å². The van der Waals surface area contributed by atoms with Crippen LogP contribution in [0.4, 0.5) is 5.69 Å². The molecule has 0 unspecified atom stereocenters. The first kappa shape index (κ1) is 22.9. The van der Waals surface area contributed by atoms with E-state index >= 15 is 0 Å². The summed E-state index contributed by atoms with van der Waals surface area (Å²) < 4.78 is 36.3. The third-order valence-corrected chi connectivity index (χ3v) is 7.09. The van der Waals surface area contributed by atoms with Gasteiger partial charge in [-0.05, 0) is 43.2 Å². The first-order chi connectivity index (χ1) is 14.7. The second-order valence-corrected chi connectivity index (χ2v) is 9.88. The van der Waals surface area contributed by atoms with Crippen LogP contribution in [0.2, 0.25) is 0 Å². The van der Waals surface area contributed by atoms with Gasteiger partial charge in [0.2, 0.25) is 10.0 Å². The Balaban J connectivity index is 1.64. The molecule has 0 saturated carbocycles. The lowest BCUT2D eigenvalue weighted by atomic mass is 9.83. The minimum absolute atomic E-state index is 0.133. The van der Waals surface area contributed by atoms with Gasteiger partial charge in [0.15, 0.2) is 6.61 Å². The van der Waals surface area contributed by atoms with Crippen LogP contribution in [0.5, 0.6) is 11.5 Å². The summed E-state index contributed by atoms with van der Waals surface area (Å²) in [5.74, 6) is 1.08. The van der Waals surface area contributed by atoms with Gasteiger partial charge in [0.25, 0.3) is 5.91 Å². The number of rotatable bonds is 8. The van der Waals surface area contributed by atoms with E-state index in [1.54, 1.807) is 24.3 Å². The van der Waals surface area contributed by atoms with E-state index in [0.717, 1.165) is 30.4 Å². The van der Waals surface area contributed by atoms with Gasteiger partial charge < -0.3 is 14.8 Å². The number of nitrogens with zero attached hydrogens (tertiary/aromatic N) is 1. The summed E-state index contributed by atoms with van der Waals surface area (Å²) in [7, 11) is -1.85. The van der Waals surface area contributed by atoms with Crippen LogP contribution >= 0.6 is 0 Å². The number of carbonyl (C=O) groups excluding carboxylic acids is 1. The number of ether oxygens (including phenoxy) is 2. The topological polar surface area (TPSA) is 84.9 Å². The molecule has 0 aromatic heterocycles. The number of para-hydroxylation sites is 1. The van der Waals surface area contributed by atoms with Crippen LogP contribution in [0.3, 0.4) is 0 Å². The summed E-state index contributed by atoms with van der Waals surface area (Å²) in [6.45, 7) is 4.07. The van der Waals surface area contributed by atoms with Crippen molar-refractivity contribution in [3.63, 3.8) is 0 Å². The van der Waals surface area contributed by atoms with E-state index in [2.05, 4.69) is 19.2 Å². The number of anilines is 1. The van der Waals surface area contributed by atoms with Crippen molar-refractivity contribution in [3.05, 3.63) is 54.1 Å². The van der Waals surface area contributed by atoms with E-state index in [1.807, 2.05) is 24.3 Å². The average molecular weight is 447 g/mol. The molecular weight excluding hydrogens is 416 g/mol. The molecule has 168 valence electrons. The van der Waals surface area contributed by atoms with Crippen LogP contribution in [0, 0.1) is 0 Å². The molecule has 0 spiro atoms. The molecule has 0 bridgehead atoms. The lowest BCUT2D eigenvalue weighted by Crippen LogP contribution is -2.45. The monoisotopic (exact) mass is 446 g/mol. The molecule has 1 N–H and O–H groups in total. The third-order valence-electron chi connectivity index (χ3n) is 5.89. The highest BCUT2D eigenvalue weighted by Crippen LogP contribution is 2.42. The number of benzene rings is 2. The predicted molar refractivity (Wildman–Crippen MR) is 121 cm³/mol. The third kappa shape index (κ3) is 5.31. The SMILES string of the molecule is CCC1(CC)C[C@@H](NC(=O)COc2ccc(N(C)S(C)(=O)=O)cc2)c2ccccc2O1. The Morgan fingerprint density at radius 2 is 1.81 bits per heavy atom. The molecule has 1 atom stereocenters. The van der Waals surface area contributed by atoms with Crippen molar-refractivity contribution < 1.29 is 22.7 Å². The second-order valence-electron chi connectivity index (χ2n) is 7.87. The number of nitrogens with one attached hydrogen (secondary N) is 1. The van der Waals surface area contributed by atoms with Crippen molar-refractivity contribution in [2.45, 2.75) is 44.8 Å². The molecule has 1 heterocycles. The van der Waals surface area contributed by atoms with E-state index in [9.17, 15) is 13.2 Å². The fourth-order valence-electron chi connectivity index (χ4n) is 3.76. The van der Waals surface area contributed by atoms with Gasteiger partial charge in [-0.25, -0.2) is 8.42 Å². The molecule has 2 aromatic rings. The molecule has 0 fully saturated rings. The molecule has 3 rings (SSSR count). The Hall–Kier alpha value is -2.74. The zero-order valence-corrected chi connectivity index (χ0v) is 19.2. The molecule has 1 aliphatic heterocycles. The first-order valence-electron chi connectivity index (χ1n) is 10.4. The summed E-state index contributed by atoms with van der Waals surface area (Å²) in [6, 6.07) is 14.2. The van der Waals surface area contributed by atoms with Crippen LogP contribution < -0.4 is 19.1 Å². The second kappa shape index (κ2) is 9.18. The van der Waals surface area contributed by atoms with Gasteiger partial charge in [0.05, 0.1) is 18.0 Å². The van der Waals surface area contributed by atoms with E-state index in [0.29, 0.717) is 17.9 Å². The van der Waals surface area contributed by atoms with Crippen LogP contribution in [0.25, 0.3) is 0 Å². The van der Waals surface area contributed by atoms with E-state index < -0.39 is 10.0 Å². The van der Waals surface area contributed by atoms with Gasteiger partial charge in [-0.3, -0.25) is 9.10 Å². The van der Waals surface area contributed by atoms with Crippen molar-refractivity contribution in [2.24, 2.45) is 0 Å². The lowest BCUT2D eigenvalue weighted by molar-refractivity contribution is -0.124. The smallest absolute Gasteiger partial charge is 0.258 e. The molecule has 1 aliphatic rings. The lowest BCUT2D eigenvalue weighted by Gasteiger charge is -2.41. The minimum Gasteiger partial charge on any atom is -0.487 e. The highest BCUT2D eigenvalue weighted by Gasteiger charge is 2.38. The fourth-order valence-corrected chi connectivity index (χ4v) is 4.26. The van der Waals surface area contributed by atoms with Crippen molar-refractivity contribution in [2.75, 3.05) is 24.2 Å². The van der Waals surface area contributed by atoms with Crippen molar-refractivity contribution in [1.82, 2.24) is 5.32 Å². The Morgan fingerprint density at radius 3 is 2.42 bits per heavy atom. The van der Waals surface area contributed by atoms with Crippen LogP contribution in [-0.2, 0) is 14.8 Å². The van der Waals surface area contributed by atoms with Crippen LogP contribution in [-0.4, -0.2) is 39.8 Å². The largest absolute Gasteiger partial charge is 0.487 e. The normalized spacial score (nSPS) is 17.2. The summed E-state index contributed by atoms with van der Waals surface area (Å²) >= 11 is 0. The first-order valence-corrected chi connectivity index (χ1v) is 12.3. The molecule has 7 nitrogen and oxygen atoms in total. The quantitative estimate of drug-likeness (QED) is 0.669. The summed E-state index contributed by atoms with van der Waals surface area (Å²) in [5.41, 5.74) is 1.20. The van der Waals surface area contributed by atoms with Gasteiger partial charge >= 0.3 is 0 Å². The van der Waals surface area contributed by atoms with Crippen LogP contribution in [0.15, 0.2) is 48.5 Å². The maximum atomic E-state index is 12.6. The summed E-state index contributed by atoms with van der Waals surface area (Å²) in [6.07, 6.45) is 3.56. The Morgan fingerprint density at radius 1 is 1.16 bits per heavy atom. The maximum absolute atomic E-state index is 12.6. The molecule has 8 heteroatoms. The molecular formula is C23H30N2O5S. The molecule has 0 saturated heterocycles. The Bertz CT molecular complexity index is 1020. The van der Waals surface area contributed by atoms with Gasteiger partial charge in [0, 0.05) is 19.0 Å².